The number of halogens is 1. The van der Waals surface area contributed by atoms with Crippen LogP contribution in [0.2, 0.25) is 5.02 Å². The summed E-state index contributed by atoms with van der Waals surface area (Å²) in [4.78, 5) is 1.30. The molecule has 0 N–H and O–H groups in total. The average Bonchev–Trinajstić information content (AvgIpc) is 3.36. The molecule has 0 amide bonds. The van der Waals surface area contributed by atoms with E-state index in [-0.39, 0.29) is 24.4 Å². The molecule has 1 aliphatic rings. The normalized spacial score (nSPS) is 21.5. The van der Waals surface area contributed by atoms with Crippen LogP contribution in [0.1, 0.15) is 87.8 Å². The Morgan fingerprint density at radius 1 is 0.897 bits per heavy atom. The minimum Gasteiger partial charge on any atom is -0.379 e. The average molecular weight is 573 g/mol. The molecule has 4 atom stereocenters. The Morgan fingerprint density at radius 2 is 1.64 bits per heavy atom. The van der Waals surface area contributed by atoms with Gasteiger partial charge in [0.25, 0.3) is 0 Å². The van der Waals surface area contributed by atoms with Crippen LogP contribution in [0.5, 0.6) is 0 Å². The smallest absolute Gasteiger partial charge is 0.114 e. The SMILES string of the molecule is CCCCOC[C@@H]1C[C@H](OCCCC)[C@@H](OCCCC)[C@H](c2ccc(Cl)c(Cc3cc4ccccc4s3)c2)O1. The molecule has 1 aromatic heterocycles. The molecule has 2 aromatic carbocycles. The lowest BCUT2D eigenvalue weighted by Crippen LogP contribution is -2.48. The van der Waals surface area contributed by atoms with Crippen molar-refractivity contribution >= 4 is 33.0 Å². The summed E-state index contributed by atoms with van der Waals surface area (Å²) in [5, 5.41) is 2.06. The largest absolute Gasteiger partial charge is 0.379 e. The monoisotopic (exact) mass is 572 g/mol. The first-order valence-corrected chi connectivity index (χ1v) is 16.0. The number of unbranched alkanes of at least 4 members (excludes halogenated alkanes) is 3. The van der Waals surface area contributed by atoms with Crippen molar-refractivity contribution in [1.29, 1.82) is 0 Å². The van der Waals surface area contributed by atoms with E-state index in [2.05, 4.69) is 63.2 Å². The highest BCUT2D eigenvalue weighted by molar-refractivity contribution is 7.19. The number of rotatable bonds is 16. The third-order valence-corrected chi connectivity index (χ3v) is 8.81. The number of fused-ring (bicyclic) bond motifs is 1. The fourth-order valence-corrected chi connectivity index (χ4v) is 6.36. The van der Waals surface area contributed by atoms with E-state index in [1.807, 2.05) is 17.4 Å². The van der Waals surface area contributed by atoms with Gasteiger partial charge in [0.2, 0.25) is 0 Å². The first-order chi connectivity index (χ1) is 19.1. The van der Waals surface area contributed by atoms with Crippen molar-refractivity contribution in [3.05, 3.63) is 69.6 Å². The molecule has 0 spiro atoms. The zero-order valence-electron chi connectivity index (χ0n) is 23.8. The molecule has 4 nitrogen and oxygen atoms in total. The van der Waals surface area contributed by atoms with Gasteiger partial charge in [-0.2, -0.15) is 0 Å². The van der Waals surface area contributed by atoms with Gasteiger partial charge in [0.15, 0.2) is 0 Å². The molecular weight excluding hydrogens is 528 g/mol. The quantitative estimate of drug-likeness (QED) is 0.160. The summed E-state index contributed by atoms with van der Waals surface area (Å²) >= 11 is 8.58. The predicted octanol–water partition coefficient (Wildman–Crippen LogP) is 9.16. The fraction of sp³-hybridized carbons (Fsp3) is 0.576. The maximum Gasteiger partial charge on any atom is 0.114 e. The molecule has 39 heavy (non-hydrogen) atoms. The van der Waals surface area contributed by atoms with E-state index in [9.17, 15) is 0 Å². The Kier molecular flexibility index (Phi) is 12.6. The first kappa shape index (κ1) is 30.5. The van der Waals surface area contributed by atoms with Crippen LogP contribution in [-0.2, 0) is 25.4 Å². The van der Waals surface area contributed by atoms with Gasteiger partial charge in [-0.3, -0.25) is 0 Å². The molecule has 1 fully saturated rings. The summed E-state index contributed by atoms with van der Waals surface area (Å²) < 4.78 is 27.1. The van der Waals surface area contributed by atoms with E-state index < -0.39 is 0 Å². The Bertz CT molecular complexity index is 1100. The van der Waals surface area contributed by atoms with Crippen molar-refractivity contribution in [2.75, 3.05) is 26.4 Å². The third-order valence-electron chi connectivity index (χ3n) is 7.32. The molecule has 0 unspecified atom stereocenters. The lowest BCUT2D eigenvalue weighted by molar-refractivity contribution is -0.213. The summed E-state index contributed by atoms with van der Waals surface area (Å²) in [5.41, 5.74) is 2.21. The van der Waals surface area contributed by atoms with Crippen LogP contribution in [0.4, 0.5) is 0 Å². The van der Waals surface area contributed by atoms with Crippen LogP contribution in [0, 0.1) is 0 Å². The molecule has 214 valence electrons. The summed E-state index contributed by atoms with van der Waals surface area (Å²) in [6.45, 7) is 9.35. The first-order valence-electron chi connectivity index (χ1n) is 14.8. The Morgan fingerprint density at radius 3 is 2.41 bits per heavy atom. The number of ether oxygens (including phenoxy) is 4. The van der Waals surface area contributed by atoms with E-state index in [0.717, 1.165) is 80.7 Å². The van der Waals surface area contributed by atoms with Crippen molar-refractivity contribution < 1.29 is 18.9 Å². The standard InChI is InChI=1S/C33H45ClO4S/c1-4-7-16-35-23-27-22-30(36-17-8-5-2)33(37-18-9-6-3)32(38-27)25-14-15-29(34)26(19-25)21-28-20-24-12-10-11-13-31(24)39-28/h10-15,19-20,27,30,32-33H,4-9,16-18,21-23H2,1-3H3/t27-,30-,32-,33+/m0/s1. The summed E-state index contributed by atoms with van der Waals surface area (Å²) in [5.74, 6) is 0. The molecule has 1 aliphatic heterocycles. The van der Waals surface area contributed by atoms with Gasteiger partial charge in [0.1, 0.15) is 12.2 Å². The second-order valence-electron chi connectivity index (χ2n) is 10.6. The summed E-state index contributed by atoms with van der Waals surface area (Å²) in [6, 6.07) is 17.1. The van der Waals surface area contributed by atoms with Gasteiger partial charge in [-0.15, -0.1) is 11.3 Å². The summed E-state index contributed by atoms with van der Waals surface area (Å²) in [6.07, 6.45) is 7.55. The maximum atomic E-state index is 6.76. The number of thiophene rings is 1. The van der Waals surface area contributed by atoms with Gasteiger partial charge in [0, 0.05) is 47.3 Å². The van der Waals surface area contributed by atoms with Gasteiger partial charge >= 0.3 is 0 Å². The van der Waals surface area contributed by atoms with Crippen molar-refractivity contribution in [2.24, 2.45) is 0 Å². The maximum absolute atomic E-state index is 6.76. The van der Waals surface area contributed by atoms with Crippen LogP contribution < -0.4 is 0 Å². The van der Waals surface area contributed by atoms with Crippen molar-refractivity contribution in [1.82, 2.24) is 0 Å². The number of hydrogen-bond acceptors (Lipinski definition) is 5. The zero-order valence-corrected chi connectivity index (χ0v) is 25.4. The third kappa shape index (κ3) is 8.76. The van der Waals surface area contributed by atoms with E-state index in [1.165, 1.54) is 15.0 Å². The van der Waals surface area contributed by atoms with Crippen LogP contribution in [0.3, 0.4) is 0 Å². The van der Waals surface area contributed by atoms with Gasteiger partial charge < -0.3 is 18.9 Å². The number of hydrogen-bond donors (Lipinski definition) is 0. The van der Waals surface area contributed by atoms with Crippen LogP contribution in [-0.4, -0.2) is 44.7 Å². The Hall–Kier alpha value is -1.47. The second kappa shape index (κ2) is 16.1. The fourth-order valence-electron chi connectivity index (χ4n) is 5.08. The summed E-state index contributed by atoms with van der Waals surface area (Å²) in [7, 11) is 0. The van der Waals surface area contributed by atoms with E-state index in [1.54, 1.807) is 0 Å². The highest BCUT2D eigenvalue weighted by atomic mass is 35.5. The van der Waals surface area contributed by atoms with Crippen LogP contribution in [0.25, 0.3) is 10.1 Å². The highest BCUT2D eigenvalue weighted by Gasteiger charge is 2.41. The molecule has 6 heteroatoms. The topological polar surface area (TPSA) is 36.9 Å². The van der Waals surface area contributed by atoms with Crippen LogP contribution in [0.15, 0.2) is 48.5 Å². The second-order valence-corrected chi connectivity index (χ2v) is 12.1. The molecule has 2 heterocycles. The lowest BCUT2D eigenvalue weighted by atomic mass is 9.91. The molecule has 4 rings (SSSR count). The van der Waals surface area contributed by atoms with Gasteiger partial charge in [-0.25, -0.2) is 0 Å². The van der Waals surface area contributed by atoms with Crippen molar-refractivity contribution in [3.63, 3.8) is 0 Å². The minimum absolute atomic E-state index is 0.0337. The molecule has 1 saturated heterocycles. The Labute approximate surface area is 243 Å². The van der Waals surface area contributed by atoms with Gasteiger partial charge in [-0.1, -0.05) is 82.0 Å². The van der Waals surface area contributed by atoms with Crippen molar-refractivity contribution in [3.8, 4) is 0 Å². The van der Waals surface area contributed by atoms with Crippen molar-refractivity contribution in [2.45, 2.75) is 96.6 Å². The molecule has 0 saturated carbocycles. The van der Waals surface area contributed by atoms with E-state index in [4.69, 9.17) is 30.5 Å². The Balaban J connectivity index is 1.59. The van der Waals surface area contributed by atoms with Gasteiger partial charge in [0.05, 0.1) is 18.8 Å². The lowest BCUT2D eigenvalue weighted by Gasteiger charge is -2.42. The molecule has 0 radical (unpaired) electrons. The molecule has 0 aliphatic carbocycles. The van der Waals surface area contributed by atoms with Gasteiger partial charge in [-0.05, 0) is 54.0 Å². The van der Waals surface area contributed by atoms with E-state index >= 15 is 0 Å². The molecule has 0 bridgehead atoms. The minimum atomic E-state index is -0.236. The molecular formula is C33H45ClO4S. The molecule has 3 aromatic rings. The predicted molar refractivity (Wildman–Crippen MR) is 163 cm³/mol. The zero-order chi connectivity index (χ0) is 27.5. The highest BCUT2D eigenvalue weighted by Crippen LogP contribution is 2.38. The number of benzene rings is 2. The van der Waals surface area contributed by atoms with E-state index in [0.29, 0.717) is 13.2 Å². The van der Waals surface area contributed by atoms with Crippen LogP contribution >= 0.6 is 22.9 Å².